The van der Waals surface area contributed by atoms with Crippen LogP contribution in [-0.2, 0) is 4.79 Å². The van der Waals surface area contributed by atoms with E-state index in [-0.39, 0.29) is 34.7 Å². The predicted octanol–water partition coefficient (Wildman–Crippen LogP) is 2.34. The van der Waals surface area contributed by atoms with Crippen LogP contribution in [0.5, 0.6) is 0 Å². The molecule has 2 N–H and O–H groups in total. The standard InChI is InChI=1S/C15H27NO2/c1-14(2)12(15(14,3)4)13(18)16-9-10-7-5-6-8-11(10)17/h10-12,17H,5-9H2,1-4H3,(H,16,18). The zero-order chi connectivity index (χ0) is 13.6. The first-order chi connectivity index (χ1) is 8.28. The molecule has 2 saturated carbocycles. The van der Waals surface area contributed by atoms with Crippen molar-refractivity contribution in [3.8, 4) is 0 Å². The largest absolute Gasteiger partial charge is 0.393 e. The van der Waals surface area contributed by atoms with Crippen molar-refractivity contribution in [3.63, 3.8) is 0 Å². The Labute approximate surface area is 110 Å². The zero-order valence-corrected chi connectivity index (χ0v) is 12.1. The van der Waals surface area contributed by atoms with Crippen molar-refractivity contribution in [3.05, 3.63) is 0 Å². The van der Waals surface area contributed by atoms with Gasteiger partial charge in [0.2, 0.25) is 5.91 Å². The van der Waals surface area contributed by atoms with Crippen molar-refractivity contribution in [2.45, 2.75) is 59.5 Å². The van der Waals surface area contributed by atoms with E-state index in [0.29, 0.717) is 6.54 Å². The summed E-state index contributed by atoms with van der Waals surface area (Å²) in [6.07, 6.45) is 4.01. The van der Waals surface area contributed by atoms with Crippen LogP contribution in [0.1, 0.15) is 53.4 Å². The number of carbonyl (C=O) groups is 1. The van der Waals surface area contributed by atoms with E-state index in [2.05, 4.69) is 33.0 Å². The molecule has 0 heterocycles. The molecule has 104 valence electrons. The molecule has 0 spiro atoms. The number of carbonyl (C=O) groups excluding carboxylic acids is 1. The molecule has 3 heteroatoms. The fourth-order valence-corrected chi connectivity index (χ4v) is 3.61. The molecule has 3 nitrogen and oxygen atoms in total. The van der Waals surface area contributed by atoms with Gasteiger partial charge >= 0.3 is 0 Å². The first-order valence-electron chi connectivity index (χ1n) is 7.24. The van der Waals surface area contributed by atoms with Gasteiger partial charge in [-0.05, 0) is 23.7 Å². The fourth-order valence-electron chi connectivity index (χ4n) is 3.61. The molecule has 0 aromatic rings. The molecule has 1 amide bonds. The quantitative estimate of drug-likeness (QED) is 0.811. The van der Waals surface area contributed by atoms with Crippen molar-refractivity contribution in [2.75, 3.05) is 6.54 Å². The number of amides is 1. The van der Waals surface area contributed by atoms with Crippen LogP contribution in [0.25, 0.3) is 0 Å². The Kier molecular flexibility index (Phi) is 3.48. The molecule has 2 unspecified atom stereocenters. The minimum atomic E-state index is -0.223. The van der Waals surface area contributed by atoms with Gasteiger partial charge in [0.15, 0.2) is 0 Å². The predicted molar refractivity (Wildman–Crippen MR) is 72.0 cm³/mol. The third-order valence-electron chi connectivity index (χ3n) is 5.69. The van der Waals surface area contributed by atoms with Crippen LogP contribution in [0.3, 0.4) is 0 Å². The average Bonchev–Trinajstić information content (AvgIpc) is 2.68. The highest BCUT2D eigenvalue weighted by atomic mass is 16.3. The summed E-state index contributed by atoms with van der Waals surface area (Å²) in [6, 6.07) is 0. The molecule has 2 fully saturated rings. The molecule has 2 aliphatic carbocycles. The Morgan fingerprint density at radius 1 is 1.17 bits per heavy atom. The van der Waals surface area contributed by atoms with Gasteiger partial charge in [0.1, 0.15) is 0 Å². The molecule has 2 atom stereocenters. The van der Waals surface area contributed by atoms with Crippen molar-refractivity contribution in [1.82, 2.24) is 5.32 Å². The molecule has 0 bridgehead atoms. The second kappa shape index (κ2) is 4.52. The van der Waals surface area contributed by atoms with Gasteiger partial charge in [0, 0.05) is 18.4 Å². The SMILES string of the molecule is CC1(C)C(C(=O)NCC2CCCCC2O)C1(C)C. The molecule has 0 aromatic heterocycles. The lowest BCUT2D eigenvalue weighted by atomic mass is 9.86. The van der Waals surface area contributed by atoms with Gasteiger partial charge in [-0.3, -0.25) is 4.79 Å². The van der Waals surface area contributed by atoms with Gasteiger partial charge in [-0.15, -0.1) is 0 Å². The lowest BCUT2D eigenvalue weighted by molar-refractivity contribution is -0.123. The summed E-state index contributed by atoms with van der Waals surface area (Å²) in [5.74, 6) is 0.543. The average molecular weight is 253 g/mol. The van der Waals surface area contributed by atoms with E-state index in [0.717, 1.165) is 19.3 Å². The van der Waals surface area contributed by atoms with E-state index in [9.17, 15) is 9.90 Å². The number of aliphatic hydroxyl groups is 1. The second-order valence-electron chi connectivity index (χ2n) is 7.23. The first kappa shape index (κ1) is 13.9. The normalized spacial score (nSPS) is 34.1. The van der Waals surface area contributed by atoms with Crippen LogP contribution in [0.2, 0.25) is 0 Å². The van der Waals surface area contributed by atoms with Gasteiger partial charge in [-0.1, -0.05) is 40.5 Å². The molecule has 0 aliphatic heterocycles. The fraction of sp³-hybridized carbons (Fsp3) is 0.933. The summed E-state index contributed by atoms with van der Waals surface area (Å²) < 4.78 is 0. The van der Waals surface area contributed by atoms with E-state index in [1.807, 2.05) is 0 Å². The second-order valence-corrected chi connectivity index (χ2v) is 7.23. The molecule has 18 heavy (non-hydrogen) atoms. The van der Waals surface area contributed by atoms with Crippen molar-refractivity contribution >= 4 is 5.91 Å². The van der Waals surface area contributed by atoms with Crippen molar-refractivity contribution < 1.29 is 9.90 Å². The van der Waals surface area contributed by atoms with Gasteiger partial charge in [0.25, 0.3) is 0 Å². The van der Waals surface area contributed by atoms with E-state index in [4.69, 9.17) is 0 Å². The van der Waals surface area contributed by atoms with Crippen LogP contribution < -0.4 is 5.32 Å². The molecule has 0 radical (unpaired) electrons. The van der Waals surface area contributed by atoms with Crippen LogP contribution in [0.15, 0.2) is 0 Å². The number of aliphatic hydroxyl groups excluding tert-OH is 1. The van der Waals surface area contributed by atoms with Crippen LogP contribution >= 0.6 is 0 Å². The number of nitrogens with one attached hydrogen (secondary N) is 1. The minimum absolute atomic E-state index is 0.0995. The maximum Gasteiger partial charge on any atom is 0.224 e. The first-order valence-corrected chi connectivity index (χ1v) is 7.24. The molecule has 2 rings (SSSR count). The van der Waals surface area contributed by atoms with Crippen LogP contribution in [-0.4, -0.2) is 23.7 Å². The maximum absolute atomic E-state index is 12.2. The van der Waals surface area contributed by atoms with Crippen molar-refractivity contribution in [1.29, 1.82) is 0 Å². The van der Waals surface area contributed by atoms with Crippen LogP contribution in [0.4, 0.5) is 0 Å². The number of hydrogen-bond acceptors (Lipinski definition) is 2. The topological polar surface area (TPSA) is 49.3 Å². The Morgan fingerprint density at radius 2 is 1.72 bits per heavy atom. The van der Waals surface area contributed by atoms with E-state index in [1.165, 1.54) is 6.42 Å². The number of hydrogen-bond donors (Lipinski definition) is 2. The highest BCUT2D eigenvalue weighted by molar-refractivity contribution is 5.84. The summed E-state index contributed by atoms with van der Waals surface area (Å²) >= 11 is 0. The molecule has 0 saturated heterocycles. The molecular weight excluding hydrogens is 226 g/mol. The Balaban J connectivity index is 1.83. The summed E-state index contributed by atoms with van der Waals surface area (Å²) in [6.45, 7) is 9.28. The van der Waals surface area contributed by atoms with Crippen LogP contribution in [0, 0.1) is 22.7 Å². The molecule has 0 aromatic carbocycles. The third kappa shape index (κ3) is 2.18. The van der Waals surface area contributed by atoms with E-state index >= 15 is 0 Å². The van der Waals surface area contributed by atoms with E-state index in [1.54, 1.807) is 0 Å². The monoisotopic (exact) mass is 253 g/mol. The summed E-state index contributed by atoms with van der Waals surface area (Å²) in [5, 5.41) is 12.9. The Morgan fingerprint density at radius 3 is 2.22 bits per heavy atom. The van der Waals surface area contributed by atoms with Gasteiger partial charge in [0.05, 0.1) is 6.10 Å². The molecular formula is C15H27NO2. The lowest BCUT2D eigenvalue weighted by Gasteiger charge is -2.27. The van der Waals surface area contributed by atoms with E-state index < -0.39 is 0 Å². The zero-order valence-electron chi connectivity index (χ0n) is 12.1. The Hall–Kier alpha value is -0.570. The van der Waals surface area contributed by atoms with Gasteiger partial charge in [-0.25, -0.2) is 0 Å². The smallest absolute Gasteiger partial charge is 0.224 e. The molecule has 2 aliphatic rings. The summed E-state index contributed by atoms with van der Waals surface area (Å²) in [7, 11) is 0. The highest BCUT2D eigenvalue weighted by Gasteiger charge is 2.68. The summed E-state index contributed by atoms with van der Waals surface area (Å²) in [5.41, 5.74) is 0.199. The highest BCUT2D eigenvalue weighted by Crippen LogP contribution is 2.68. The third-order valence-corrected chi connectivity index (χ3v) is 5.69. The van der Waals surface area contributed by atoms with Gasteiger partial charge in [-0.2, -0.15) is 0 Å². The summed E-state index contributed by atoms with van der Waals surface area (Å²) in [4.78, 5) is 12.2. The minimum Gasteiger partial charge on any atom is -0.393 e. The van der Waals surface area contributed by atoms with Crippen molar-refractivity contribution in [2.24, 2.45) is 22.7 Å². The Bertz CT molecular complexity index is 321. The number of rotatable bonds is 3. The van der Waals surface area contributed by atoms with Gasteiger partial charge < -0.3 is 10.4 Å². The lowest BCUT2D eigenvalue weighted by Crippen LogP contribution is -2.38. The maximum atomic E-state index is 12.2.